The molecular weight excluding hydrogens is 252 g/mol. The summed E-state index contributed by atoms with van der Waals surface area (Å²) < 4.78 is 56.3. The van der Waals surface area contributed by atoms with Gasteiger partial charge in [-0.1, -0.05) is 0 Å². The van der Waals surface area contributed by atoms with Crippen LogP contribution in [-0.4, -0.2) is 39.0 Å². The van der Waals surface area contributed by atoms with Crippen LogP contribution in [0.1, 0.15) is 0 Å². The van der Waals surface area contributed by atoms with Crippen molar-refractivity contribution in [2.75, 3.05) is 26.3 Å². The molecule has 0 amide bonds. The van der Waals surface area contributed by atoms with Gasteiger partial charge in [-0.2, -0.15) is 4.31 Å². The van der Waals surface area contributed by atoms with Crippen LogP contribution in [0.4, 0.5) is 8.78 Å². The standard InChI is InChI=1S/C10H11F2NO3S/c11-8-1-2-10(9(12)7-8)17(14,15)13-3-5-16-6-4-13/h1-2,7H,3-6H2. The summed E-state index contributed by atoms with van der Waals surface area (Å²) in [5.74, 6) is -1.88. The first kappa shape index (κ1) is 12.4. The van der Waals surface area contributed by atoms with Gasteiger partial charge in [0, 0.05) is 19.2 Å². The molecule has 0 aliphatic carbocycles. The van der Waals surface area contributed by atoms with Crippen LogP contribution in [-0.2, 0) is 14.8 Å². The van der Waals surface area contributed by atoms with Gasteiger partial charge in [0.2, 0.25) is 10.0 Å². The highest BCUT2D eigenvalue weighted by molar-refractivity contribution is 7.89. The Kier molecular flexibility index (Phi) is 3.41. The highest BCUT2D eigenvalue weighted by Crippen LogP contribution is 2.20. The second-order valence-corrected chi connectivity index (χ2v) is 5.50. The summed E-state index contributed by atoms with van der Waals surface area (Å²) in [6.07, 6.45) is 0. The molecule has 0 radical (unpaired) electrons. The van der Waals surface area contributed by atoms with E-state index in [1.807, 2.05) is 0 Å². The lowest BCUT2D eigenvalue weighted by Crippen LogP contribution is -2.40. The summed E-state index contributed by atoms with van der Waals surface area (Å²) in [5, 5.41) is 0. The number of hydrogen-bond donors (Lipinski definition) is 0. The summed E-state index contributed by atoms with van der Waals surface area (Å²) in [6.45, 7) is 0.919. The Morgan fingerprint density at radius 2 is 1.82 bits per heavy atom. The average Bonchev–Trinajstić information content (AvgIpc) is 2.29. The molecule has 1 fully saturated rings. The molecule has 17 heavy (non-hydrogen) atoms. The normalized spacial score (nSPS) is 18.2. The molecule has 1 aliphatic rings. The molecule has 0 saturated carbocycles. The van der Waals surface area contributed by atoms with E-state index >= 15 is 0 Å². The van der Waals surface area contributed by atoms with E-state index in [4.69, 9.17) is 4.74 Å². The van der Waals surface area contributed by atoms with Crippen LogP contribution in [0.15, 0.2) is 23.1 Å². The molecule has 0 atom stereocenters. The van der Waals surface area contributed by atoms with Crippen LogP contribution in [0, 0.1) is 11.6 Å². The van der Waals surface area contributed by atoms with E-state index in [1.54, 1.807) is 0 Å². The van der Waals surface area contributed by atoms with Crippen LogP contribution in [0.2, 0.25) is 0 Å². The monoisotopic (exact) mass is 263 g/mol. The summed E-state index contributed by atoms with van der Waals surface area (Å²) in [4.78, 5) is -0.499. The lowest BCUT2D eigenvalue weighted by molar-refractivity contribution is 0.0729. The Morgan fingerprint density at radius 3 is 2.41 bits per heavy atom. The zero-order chi connectivity index (χ0) is 12.5. The van der Waals surface area contributed by atoms with Gasteiger partial charge in [0.25, 0.3) is 0 Å². The van der Waals surface area contributed by atoms with Crippen LogP contribution < -0.4 is 0 Å². The molecule has 1 aromatic rings. The fraction of sp³-hybridized carbons (Fsp3) is 0.400. The number of ether oxygens (including phenoxy) is 1. The topological polar surface area (TPSA) is 46.6 Å². The molecule has 1 saturated heterocycles. The Balaban J connectivity index is 2.37. The lowest BCUT2D eigenvalue weighted by atomic mass is 10.3. The third-order valence-electron chi connectivity index (χ3n) is 2.48. The molecule has 1 aromatic carbocycles. The fourth-order valence-corrected chi connectivity index (χ4v) is 3.06. The van der Waals surface area contributed by atoms with Gasteiger partial charge in [0.15, 0.2) is 0 Å². The molecular formula is C10H11F2NO3S. The Morgan fingerprint density at radius 1 is 1.18 bits per heavy atom. The largest absolute Gasteiger partial charge is 0.379 e. The average molecular weight is 263 g/mol. The summed E-state index contributed by atoms with van der Waals surface area (Å²) in [7, 11) is -3.90. The molecule has 0 aromatic heterocycles. The first-order valence-corrected chi connectivity index (χ1v) is 6.49. The number of halogens is 2. The molecule has 0 spiro atoms. The van der Waals surface area contributed by atoms with Crippen LogP contribution in [0.25, 0.3) is 0 Å². The quantitative estimate of drug-likeness (QED) is 0.799. The number of sulfonamides is 1. The molecule has 7 heteroatoms. The number of rotatable bonds is 2. The molecule has 0 unspecified atom stereocenters. The molecule has 2 rings (SSSR count). The lowest BCUT2D eigenvalue weighted by Gasteiger charge is -2.26. The maximum atomic E-state index is 13.4. The summed E-state index contributed by atoms with van der Waals surface area (Å²) in [5.41, 5.74) is 0. The van der Waals surface area contributed by atoms with Gasteiger partial charge in [-0.05, 0) is 12.1 Å². The third-order valence-corrected chi connectivity index (χ3v) is 4.41. The Labute approximate surface area is 97.9 Å². The molecule has 4 nitrogen and oxygen atoms in total. The number of morpholine rings is 1. The SMILES string of the molecule is O=S(=O)(c1ccc(F)cc1F)N1CCOCC1. The maximum Gasteiger partial charge on any atom is 0.246 e. The molecule has 1 heterocycles. The van der Waals surface area contributed by atoms with Gasteiger partial charge in [-0.25, -0.2) is 17.2 Å². The van der Waals surface area contributed by atoms with Crippen molar-refractivity contribution in [3.8, 4) is 0 Å². The Hall–Kier alpha value is -1.05. The van der Waals surface area contributed by atoms with Gasteiger partial charge in [0.1, 0.15) is 16.5 Å². The van der Waals surface area contributed by atoms with Crippen molar-refractivity contribution < 1.29 is 21.9 Å². The smallest absolute Gasteiger partial charge is 0.246 e. The van der Waals surface area contributed by atoms with Gasteiger partial charge in [-0.3, -0.25) is 0 Å². The van der Waals surface area contributed by atoms with Crippen LogP contribution in [0.3, 0.4) is 0 Å². The minimum Gasteiger partial charge on any atom is -0.379 e. The van der Waals surface area contributed by atoms with E-state index in [2.05, 4.69) is 0 Å². The number of hydrogen-bond acceptors (Lipinski definition) is 3. The zero-order valence-electron chi connectivity index (χ0n) is 8.90. The summed E-state index contributed by atoms with van der Waals surface area (Å²) in [6, 6.07) is 2.43. The molecule has 1 aliphatic heterocycles. The van der Waals surface area contributed by atoms with Gasteiger partial charge < -0.3 is 4.74 Å². The molecule has 0 N–H and O–H groups in total. The van der Waals surface area contributed by atoms with Gasteiger partial charge in [-0.15, -0.1) is 0 Å². The summed E-state index contributed by atoms with van der Waals surface area (Å²) >= 11 is 0. The highest BCUT2D eigenvalue weighted by Gasteiger charge is 2.28. The van der Waals surface area contributed by atoms with Crippen molar-refractivity contribution in [1.82, 2.24) is 4.31 Å². The predicted octanol–water partition coefficient (Wildman–Crippen LogP) is 0.986. The van der Waals surface area contributed by atoms with Crippen molar-refractivity contribution in [3.63, 3.8) is 0 Å². The van der Waals surface area contributed by atoms with Crippen LogP contribution in [0.5, 0.6) is 0 Å². The Bertz CT molecular complexity index is 512. The van der Waals surface area contributed by atoms with Crippen molar-refractivity contribution in [3.05, 3.63) is 29.8 Å². The van der Waals surface area contributed by atoms with E-state index in [0.29, 0.717) is 6.07 Å². The minimum absolute atomic E-state index is 0.180. The highest BCUT2D eigenvalue weighted by atomic mass is 32.2. The minimum atomic E-state index is -3.90. The van der Waals surface area contributed by atoms with E-state index in [1.165, 1.54) is 0 Å². The van der Waals surface area contributed by atoms with E-state index < -0.39 is 26.6 Å². The van der Waals surface area contributed by atoms with E-state index in [0.717, 1.165) is 16.4 Å². The predicted molar refractivity (Wildman–Crippen MR) is 55.9 cm³/mol. The van der Waals surface area contributed by atoms with Gasteiger partial charge >= 0.3 is 0 Å². The first-order chi connectivity index (χ1) is 8.01. The van der Waals surface area contributed by atoms with Crippen molar-refractivity contribution in [2.45, 2.75) is 4.90 Å². The maximum absolute atomic E-state index is 13.4. The van der Waals surface area contributed by atoms with Crippen LogP contribution >= 0.6 is 0 Å². The fourth-order valence-electron chi connectivity index (χ4n) is 1.61. The van der Waals surface area contributed by atoms with Gasteiger partial charge in [0.05, 0.1) is 13.2 Å². The van der Waals surface area contributed by atoms with E-state index in [9.17, 15) is 17.2 Å². The van der Waals surface area contributed by atoms with Crippen molar-refractivity contribution >= 4 is 10.0 Å². The zero-order valence-corrected chi connectivity index (χ0v) is 9.71. The number of nitrogens with zero attached hydrogens (tertiary/aromatic N) is 1. The second-order valence-electron chi connectivity index (χ2n) is 3.59. The number of benzene rings is 1. The third kappa shape index (κ3) is 2.46. The van der Waals surface area contributed by atoms with E-state index in [-0.39, 0.29) is 26.3 Å². The van der Waals surface area contributed by atoms with Crippen molar-refractivity contribution in [1.29, 1.82) is 0 Å². The van der Waals surface area contributed by atoms with Crippen molar-refractivity contribution in [2.24, 2.45) is 0 Å². The molecule has 0 bridgehead atoms. The molecule has 94 valence electrons. The first-order valence-electron chi connectivity index (χ1n) is 5.05. The second kappa shape index (κ2) is 4.67.